The number of rotatable bonds is 9. The SMILES string of the molecule is CC/C=C\C[C@H](O)/C=C/[C@@H]1[C@H]2C/C(=C/CCCC(=O)O)O[C@H]2C[C@H]1O. The van der Waals surface area contributed by atoms with Gasteiger partial charge in [-0.2, -0.15) is 0 Å². The van der Waals surface area contributed by atoms with Crippen LogP contribution < -0.4 is 0 Å². The van der Waals surface area contributed by atoms with Crippen LogP contribution in [0.2, 0.25) is 0 Å². The molecule has 0 aromatic carbocycles. The van der Waals surface area contributed by atoms with Crippen molar-refractivity contribution in [3.8, 4) is 0 Å². The second-order valence-electron chi connectivity index (χ2n) is 6.93. The van der Waals surface area contributed by atoms with E-state index in [-0.39, 0.29) is 24.4 Å². The summed E-state index contributed by atoms with van der Waals surface area (Å²) in [7, 11) is 0. The van der Waals surface area contributed by atoms with E-state index in [1.54, 1.807) is 6.08 Å². The Balaban J connectivity index is 1.86. The third-order valence-electron chi connectivity index (χ3n) is 4.93. The number of allylic oxidation sites excluding steroid dienone is 3. The highest BCUT2D eigenvalue weighted by molar-refractivity contribution is 5.66. The van der Waals surface area contributed by atoms with E-state index >= 15 is 0 Å². The minimum atomic E-state index is -0.775. The zero-order valence-electron chi connectivity index (χ0n) is 14.9. The van der Waals surface area contributed by atoms with E-state index in [1.165, 1.54) is 0 Å². The maximum atomic E-state index is 10.5. The second kappa shape index (κ2) is 9.78. The molecule has 0 spiro atoms. The molecule has 3 N–H and O–H groups in total. The molecule has 1 heterocycles. The van der Waals surface area contributed by atoms with Crippen molar-refractivity contribution in [3.05, 3.63) is 36.1 Å². The van der Waals surface area contributed by atoms with Crippen molar-refractivity contribution in [3.63, 3.8) is 0 Å². The van der Waals surface area contributed by atoms with Gasteiger partial charge in [0.25, 0.3) is 0 Å². The summed E-state index contributed by atoms with van der Waals surface area (Å²) in [6.45, 7) is 2.06. The Bertz CT molecular complexity index is 522. The van der Waals surface area contributed by atoms with Gasteiger partial charge in [0.2, 0.25) is 0 Å². The fourth-order valence-electron chi connectivity index (χ4n) is 3.64. The maximum Gasteiger partial charge on any atom is 0.303 e. The van der Waals surface area contributed by atoms with Crippen molar-refractivity contribution in [2.75, 3.05) is 0 Å². The number of aliphatic hydroxyl groups excluding tert-OH is 2. The molecule has 25 heavy (non-hydrogen) atoms. The molecule has 0 unspecified atom stereocenters. The first-order valence-corrected chi connectivity index (χ1v) is 9.28. The highest BCUT2D eigenvalue weighted by Crippen LogP contribution is 2.45. The van der Waals surface area contributed by atoms with Gasteiger partial charge in [0.15, 0.2) is 0 Å². The van der Waals surface area contributed by atoms with Crippen molar-refractivity contribution in [1.82, 2.24) is 0 Å². The summed E-state index contributed by atoms with van der Waals surface area (Å²) >= 11 is 0. The fraction of sp³-hybridized carbons (Fsp3) is 0.650. The van der Waals surface area contributed by atoms with E-state index in [1.807, 2.05) is 24.3 Å². The lowest BCUT2D eigenvalue weighted by Crippen LogP contribution is -2.17. The number of carboxylic acids is 1. The van der Waals surface area contributed by atoms with E-state index in [2.05, 4.69) is 6.92 Å². The molecule has 0 radical (unpaired) electrons. The number of carbonyl (C=O) groups is 1. The van der Waals surface area contributed by atoms with Gasteiger partial charge in [-0.05, 0) is 31.8 Å². The van der Waals surface area contributed by atoms with Crippen LogP contribution in [0.3, 0.4) is 0 Å². The Morgan fingerprint density at radius 3 is 2.92 bits per heavy atom. The Kier molecular flexibility index (Phi) is 7.72. The number of unbranched alkanes of at least 4 members (excludes halogenated alkanes) is 1. The molecule has 2 fully saturated rings. The Morgan fingerprint density at radius 2 is 2.20 bits per heavy atom. The molecule has 1 saturated carbocycles. The quantitative estimate of drug-likeness (QED) is 0.439. The highest BCUT2D eigenvalue weighted by atomic mass is 16.5. The predicted molar refractivity (Wildman–Crippen MR) is 95.9 cm³/mol. The number of carboxylic acid groups (broad SMARTS) is 1. The second-order valence-corrected chi connectivity index (χ2v) is 6.93. The molecule has 5 nitrogen and oxygen atoms in total. The first-order chi connectivity index (χ1) is 12.0. The van der Waals surface area contributed by atoms with E-state index < -0.39 is 18.2 Å². The molecule has 2 rings (SSSR count). The summed E-state index contributed by atoms with van der Waals surface area (Å²) in [4.78, 5) is 10.5. The summed E-state index contributed by atoms with van der Waals surface area (Å²) < 4.78 is 5.93. The molecule has 0 amide bonds. The van der Waals surface area contributed by atoms with Crippen molar-refractivity contribution >= 4 is 5.97 Å². The van der Waals surface area contributed by atoms with Gasteiger partial charge in [-0.25, -0.2) is 0 Å². The van der Waals surface area contributed by atoms with Gasteiger partial charge in [0.1, 0.15) is 6.10 Å². The summed E-state index contributed by atoms with van der Waals surface area (Å²) in [6, 6.07) is 0. The smallest absolute Gasteiger partial charge is 0.303 e. The van der Waals surface area contributed by atoms with Crippen LogP contribution in [0.4, 0.5) is 0 Å². The molecule has 0 aromatic heterocycles. The number of fused-ring (bicyclic) bond motifs is 1. The van der Waals surface area contributed by atoms with Crippen LogP contribution in [0.1, 0.15) is 51.9 Å². The number of ether oxygens (including phenoxy) is 1. The topological polar surface area (TPSA) is 87.0 Å². The van der Waals surface area contributed by atoms with Crippen molar-refractivity contribution in [2.24, 2.45) is 11.8 Å². The lowest BCUT2D eigenvalue weighted by atomic mass is 9.90. The molecule has 5 atom stereocenters. The molecule has 5 heteroatoms. The van der Waals surface area contributed by atoms with Crippen LogP contribution in [0.25, 0.3) is 0 Å². The third-order valence-corrected chi connectivity index (χ3v) is 4.93. The third kappa shape index (κ3) is 6.01. The van der Waals surface area contributed by atoms with Gasteiger partial charge in [0.05, 0.1) is 18.0 Å². The van der Waals surface area contributed by atoms with Gasteiger partial charge >= 0.3 is 5.97 Å². The molecule has 2 aliphatic rings. The minimum absolute atomic E-state index is 0.000255. The molecule has 1 aliphatic carbocycles. The van der Waals surface area contributed by atoms with Crippen LogP contribution in [0.5, 0.6) is 0 Å². The van der Waals surface area contributed by atoms with Crippen molar-refractivity contribution in [1.29, 1.82) is 0 Å². The summed E-state index contributed by atoms with van der Waals surface area (Å²) in [6.07, 6.45) is 13.2. The average Bonchev–Trinajstić information content (AvgIpc) is 3.06. The first kappa shape index (κ1) is 19.7. The largest absolute Gasteiger partial charge is 0.495 e. The van der Waals surface area contributed by atoms with Crippen LogP contribution in [0.15, 0.2) is 36.1 Å². The zero-order chi connectivity index (χ0) is 18.2. The number of aliphatic carboxylic acids is 1. The summed E-state index contributed by atoms with van der Waals surface area (Å²) in [5.41, 5.74) is 0. The Labute approximate surface area is 149 Å². The lowest BCUT2D eigenvalue weighted by Gasteiger charge is -2.15. The van der Waals surface area contributed by atoms with E-state index in [0.717, 1.165) is 18.6 Å². The molecule has 1 saturated heterocycles. The lowest BCUT2D eigenvalue weighted by molar-refractivity contribution is -0.137. The average molecular weight is 350 g/mol. The van der Waals surface area contributed by atoms with Gasteiger partial charge in [0, 0.05) is 31.1 Å². The predicted octanol–water partition coefficient (Wildman–Crippen LogP) is 3.18. The van der Waals surface area contributed by atoms with E-state index in [4.69, 9.17) is 9.84 Å². The van der Waals surface area contributed by atoms with E-state index in [9.17, 15) is 15.0 Å². The standard InChI is InChI=1S/C20H30O5/c1-2-3-4-7-14(21)10-11-16-17-12-15(8-5-6-9-20(23)24)25-19(17)13-18(16)22/h3-4,8,10-11,14,16-19,21-22H,2,5-7,9,12-13H2,1H3,(H,23,24)/b4-3-,11-10+,15-8-/t14-,16+,17+,18+,19-/m0/s1. The monoisotopic (exact) mass is 350 g/mol. The number of hydrogen-bond acceptors (Lipinski definition) is 4. The highest BCUT2D eigenvalue weighted by Gasteiger charge is 2.46. The molecular weight excluding hydrogens is 320 g/mol. The molecule has 0 bridgehead atoms. The number of hydrogen-bond donors (Lipinski definition) is 3. The fourth-order valence-corrected chi connectivity index (χ4v) is 3.64. The van der Waals surface area contributed by atoms with Crippen LogP contribution in [0, 0.1) is 11.8 Å². The molecule has 1 aliphatic heterocycles. The molecular formula is C20H30O5. The van der Waals surface area contributed by atoms with Crippen LogP contribution >= 0.6 is 0 Å². The van der Waals surface area contributed by atoms with Crippen molar-refractivity contribution < 1.29 is 24.9 Å². The van der Waals surface area contributed by atoms with Crippen molar-refractivity contribution in [2.45, 2.75) is 70.2 Å². The van der Waals surface area contributed by atoms with Gasteiger partial charge in [-0.1, -0.05) is 31.2 Å². The molecule has 140 valence electrons. The summed E-state index contributed by atoms with van der Waals surface area (Å²) in [5.74, 6) is 0.371. The van der Waals surface area contributed by atoms with Gasteiger partial charge < -0.3 is 20.1 Å². The Morgan fingerprint density at radius 1 is 1.40 bits per heavy atom. The maximum absolute atomic E-state index is 10.5. The van der Waals surface area contributed by atoms with Gasteiger partial charge in [-0.15, -0.1) is 0 Å². The number of aliphatic hydroxyl groups is 2. The normalized spacial score (nSPS) is 31.7. The first-order valence-electron chi connectivity index (χ1n) is 9.28. The summed E-state index contributed by atoms with van der Waals surface area (Å²) in [5, 5.41) is 28.9. The Hall–Kier alpha value is -1.59. The van der Waals surface area contributed by atoms with Crippen LogP contribution in [-0.4, -0.2) is 39.6 Å². The minimum Gasteiger partial charge on any atom is -0.495 e. The zero-order valence-corrected chi connectivity index (χ0v) is 14.9. The van der Waals surface area contributed by atoms with Crippen LogP contribution in [-0.2, 0) is 9.53 Å². The van der Waals surface area contributed by atoms with E-state index in [0.29, 0.717) is 25.7 Å². The van der Waals surface area contributed by atoms with Gasteiger partial charge in [-0.3, -0.25) is 4.79 Å². The molecule has 0 aromatic rings.